The summed E-state index contributed by atoms with van der Waals surface area (Å²) in [6, 6.07) is 8.09. The molecule has 1 aliphatic heterocycles. The first-order valence-corrected chi connectivity index (χ1v) is 12.9. The molecule has 1 aromatic rings. The SMILES string of the molecule is CCOC(=O)CN(CCc1ccc(OC)cc1)C(=O)CCCC(=O)N1CCCC2CCCCC21. The molecule has 1 saturated carbocycles. The van der Waals surface area contributed by atoms with E-state index in [9.17, 15) is 14.4 Å². The lowest BCUT2D eigenvalue weighted by Gasteiger charge is -2.44. The molecular formula is C27H40N2O5. The molecule has 2 unspecified atom stereocenters. The van der Waals surface area contributed by atoms with E-state index in [-0.39, 0.29) is 31.4 Å². The summed E-state index contributed by atoms with van der Waals surface area (Å²) in [5.74, 6) is 1.11. The van der Waals surface area contributed by atoms with Crippen LogP contribution in [0.3, 0.4) is 0 Å². The van der Waals surface area contributed by atoms with Crippen molar-refractivity contribution in [1.82, 2.24) is 9.80 Å². The second-order valence-corrected chi connectivity index (χ2v) is 9.41. The van der Waals surface area contributed by atoms with Crippen molar-refractivity contribution in [3.63, 3.8) is 0 Å². The van der Waals surface area contributed by atoms with Crippen LogP contribution in [-0.2, 0) is 25.5 Å². The molecule has 1 heterocycles. The van der Waals surface area contributed by atoms with Crippen molar-refractivity contribution < 1.29 is 23.9 Å². The van der Waals surface area contributed by atoms with Gasteiger partial charge in [-0.2, -0.15) is 0 Å². The average Bonchev–Trinajstić information content (AvgIpc) is 2.86. The summed E-state index contributed by atoms with van der Waals surface area (Å²) < 4.78 is 10.3. The van der Waals surface area contributed by atoms with Crippen LogP contribution in [0.15, 0.2) is 24.3 Å². The van der Waals surface area contributed by atoms with Crippen LogP contribution in [-0.4, -0.2) is 67.0 Å². The van der Waals surface area contributed by atoms with Crippen molar-refractivity contribution in [2.75, 3.05) is 33.4 Å². The average molecular weight is 473 g/mol. The number of methoxy groups -OCH3 is 1. The third-order valence-electron chi connectivity index (χ3n) is 7.15. The van der Waals surface area contributed by atoms with Gasteiger partial charge in [-0.3, -0.25) is 14.4 Å². The molecule has 1 aromatic carbocycles. The summed E-state index contributed by atoms with van der Waals surface area (Å²) in [5, 5.41) is 0. The zero-order valence-electron chi connectivity index (χ0n) is 20.8. The monoisotopic (exact) mass is 472 g/mol. The second-order valence-electron chi connectivity index (χ2n) is 9.41. The largest absolute Gasteiger partial charge is 0.497 e. The Morgan fingerprint density at radius 2 is 1.76 bits per heavy atom. The summed E-state index contributed by atoms with van der Waals surface area (Å²) in [6.45, 7) is 3.25. The molecule has 2 fully saturated rings. The maximum atomic E-state index is 13.0. The second kappa shape index (κ2) is 13.4. The maximum Gasteiger partial charge on any atom is 0.325 e. The molecule has 2 amide bonds. The fourth-order valence-electron chi connectivity index (χ4n) is 5.34. The predicted molar refractivity (Wildman–Crippen MR) is 130 cm³/mol. The molecule has 2 atom stereocenters. The fraction of sp³-hybridized carbons (Fsp3) is 0.667. The third kappa shape index (κ3) is 7.47. The number of hydrogen-bond donors (Lipinski definition) is 0. The van der Waals surface area contributed by atoms with Crippen LogP contribution in [0.1, 0.15) is 70.3 Å². The van der Waals surface area contributed by atoms with Gasteiger partial charge in [-0.05, 0) is 69.1 Å². The van der Waals surface area contributed by atoms with Gasteiger partial charge >= 0.3 is 5.97 Å². The van der Waals surface area contributed by atoms with Crippen LogP contribution in [0.2, 0.25) is 0 Å². The Morgan fingerprint density at radius 3 is 2.50 bits per heavy atom. The molecule has 1 saturated heterocycles. The van der Waals surface area contributed by atoms with Crippen molar-refractivity contribution in [2.45, 2.75) is 77.2 Å². The highest BCUT2D eigenvalue weighted by molar-refractivity contribution is 5.83. The molecule has 0 spiro atoms. The Hall–Kier alpha value is -2.57. The predicted octanol–water partition coefficient (Wildman–Crippen LogP) is 3.98. The van der Waals surface area contributed by atoms with Crippen LogP contribution in [0.5, 0.6) is 5.75 Å². The smallest absolute Gasteiger partial charge is 0.325 e. The van der Waals surface area contributed by atoms with Gasteiger partial charge in [0.2, 0.25) is 11.8 Å². The Bertz CT molecular complexity index is 808. The number of piperidine rings is 1. The van der Waals surface area contributed by atoms with Gasteiger partial charge in [-0.1, -0.05) is 25.0 Å². The number of fused-ring (bicyclic) bond motifs is 1. The van der Waals surface area contributed by atoms with E-state index in [0.29, 0.717) is 37.8 Å². The van der Waals surface area contributed by atoms with E-state index in [4.69, 9.17) is 9.47 Å². The van der Waals surface area contributed by atoms with Crippen molar-refractivity contribution in [1.29, 1.82) is 0 Å². The summed E-state index contributed by atoms with van der Waals surface area (Å²) in [7, 11) is 1.62. The Morgan fingerprint density at radius 1 is 1.03 bits per heavy atom. The molecule has 7 nitrogen and oxygen atoms in total. The zero-order chi connectivity index (χ0) is 24.3. The van der Waals surface area contributed by atoms with E-state index in [2.05, 4.69) is 4.90 Å². The summed E-state index contributed by atoms with van der Waals surface area (Å²) >= 11 is 0. The van der Waals surface area contributed by atoms with E-state index >= 15 is 0 Å². The highest BCUT2D eigenvalue weighted by atomic mass is 16.5. The zero-order valence-corrected chi connectivity index (χ0v) is 20.8. The molecular weight excluding hydrogens is 432 g/mol. The molecule has 0 bridgehead atoms. The normalized spacial score (nSPS) is 19.8. The van der Waals surface area contributed by atoms with Crippen molar-refractivity contribution in [3.8, 4) is 5.75 Å². The minimum absolute atomic E-state index is 0.0628. The van der Waals surface area contributed by atoms with E-state index in [0.717, 1.165) is 30.7 Å². The number of amides is 2. The number of rotatable bonds is 11. The summed E-state index contributed by atoms with van der Waals surface area (Å²) in [6.07, 6.45) is 8.96. The van der Waals surface area contributed by atoms with Gasteiger partial charge in [0, 0.05) is 32.0 Å². The van der Waals surface area contributed by atoms with E-state index in [1.165, 1.54) is 25.7 Å². The third-order valence-corrected chi connectivity index (χ3v) is 7.15. The molecule has 0 radical (unpaired) electrons. The van der Waals surface area contributed by atoms with Gasteiger partial charge in [-0.25, -0.2) is 0 Å². The molecule has 188 valence electrons. The van der Waals surface area contributed by atoms with E-state index in [1.54, 1.807) is 18.9 Å². The lowest BCUT2D eigenvalue weighted by Crippen LogP contribution is -2.49. The lowest BCUT2D eigenvalue weighted by molar-refractivity contribution is -0.149. The van der Waals surface area contributed by atoms with E-state index < -0.39 is 5.97 Å². The standard InChI is InChI=1S/C27H40N2O5/c1-3-34-27(32)20-28(19-17-21-13-15-23(33-2)16-14-21)25(30)11-6-12-26(31)29-18-7-9-22-8-4-5-10-24(22)29/h13-16,22,24H,3-12,17-20H2,1-2H3. The highest BCUT2D eigenvalue weighted by Gasteiger charge is 2.35. The molecule has 34 heavy (non-hydrogen) atoms. The molecule has 0 N–H and O–H groups in total. The van der Waals surface area contributed by atoms with Gasteiger partial charge in [0.15, 0.2) is 0 Å². The lowest BCUT2D eigenvalue weighted by atomic mass is 9.78. The molecule has 1 aliphatic carbocycles. The number of nitrogens with zero attached hydrogens (tertiary/aromatic N) is 2. The number of benzene rings is 1. The Kier molecular flexibility index (Phi) is 10.2. The van der Waals surface area contributed by atoms with Crippen LogP contribution in [0, 0.1) is 5.92 Å². The Labute approximate surface area is 203 Å². The maximum absolute atomic E-state index is 13.0. The Balaban J connectivity index is 1.50. The first-order valence-electron chi connectivity index (χ1n) is 12.9. The summed E-state index contributed by atoms with van der Waals surface area (Å²) in [5.41, 5.74) is 1.06. The first kappa shape index (κ1) is 26.0. The number of likely N-dealkylation sites (tertiary alicyclic amines) is 1. The highest BCUT2D eigenvalue weighted by Crippen LogP contribution is 2.35. The molecule has 7 heteroatoms. The fourth-order valence-corrected chi connectivity index (χ4v) is 5.34. The van der Waals surface area contributed by atoms with Crippen LogP contribution in [0.25, 0.3) is 0 Å². The number of esters is 1. The molecule has 2 aliphatic rings. The minimum Gasteiger partial charge on any atom is -0.497 e. The van der Waals surface area contributed by atoms with Gasteiger partial charge in [0.05, 0.1) is 13.7 Å². The minimum atomic E-state index is -0.404. The number of ether oxygens (including phenoxy) is 2. The van der Waals surface area contributed by atoms with Crippen molar-refractivity contribution >= 4 is 17.8 Å². The van der Waals surface area contributed by atoms with Crippen LogP contribution >= 0.6 is 0 Å². The van der Waals surface area contributed by atoms with Crippen LogP contribution in [0.4, 0.5) is 0 Å². The summed E-state index contributed by atoms with van der Waals surface area (Å²) in [4.78, 5) is 41.6. The quantitative estimate of drug-likeness (QED) is 0.456. The first-order chi connectivity index (χ1) is 16.5. The van der Waals surface area contributed by atoms with Gasteiger partial charge in [0.1, 0.15) is 12.3 Å². The van der Waals surface area contributed by atoms with Gasteiger partial charge in [0.25, 0.3) is 0 Å². The van der Waals surface area contributed by atoms with Crippen LogP contribution < -0.4 is 4.74 Å². The van der Waals surface area contributed by atoms with Crippen molar-refractivity contribution in [3.05, 3.63) is 29.8 Å². The molecule has 0 aromatic heterocycles. The number of hydrogen-bond acceptors (Lipinski definition) is 5. The molecule has 3 rings (SSSR count). The van der Waals surface area contributed by atoms with Gasteiger partial charge in [-0.15, -0.1) is 0 Å². The number of carbonyl (C=O) groups is 3. The van der Waals surface area contributed by atoms with Gasteiger partial charge < -0.3 is 19.3 Å². The van der Waals surface area contributed by atoms with E-state index in [1.807, 2.05) is 24.3 Å². The van der Waals surface area contributed by atoms with Crippen molar-refractivity contribution in [2.24, 2.45) is 5.92 Å². The number of carbonyl (C=O) groups excluding carboxylic acids is 3. The topological polar surface area (TPSA) is 76.1 Å².